The third kappa shape index (κ3) is 3.18. The maximum atomic E-state index is 12.7. The lowest BCUT2D eigenvalue weighted by atomic mass is 10.2. The lowest BCUT2D eigenvalue weighted by Gasteiger charge is -2.03. The van der Waals surface area contributed by atoms with E-state index in [9.17, 15) is 14.9 Å². The number of methoxy groups -OCH3 is 1. The zero-order valence-corrected chi connectivity index (χ0v) is 14.6. The van der Waals surface area contributed by atoms with Gasteiger partial charge in [0, 0.05) is 17.7 Å². The van der Waals surface area contributed by atoms with Crippen molar-refractivity contribution in [1.82, 2.24) is 19.7 Å². The summed E-state index contributed by atoms with van der Waals surface area (Å²) in [6, 6.07) is 11.0. The van der Waals surface area contributed by atoms with Gasteiger partial charge < -0.3 is 9.26 Å². The Bertz CT molecular complexity index is 1230. The van der Waals surface area contributed by atoms with Gasteiger partial charge in [-0.15, -0.1) is 0 Å². The summed E-state index contributed by atoms with van der Waals surface area (Å²) in [5, 5.41) is 15.0. The summed E-state index contributed by atoms with van der Waals surface area (Å²) in [6.45, 7) is 0.0180. The van der Waals surface area contributed by atoms with Crippen LogP contribution in [0.1, 0.15) is 5.82 Å². The van der Waals surface area contributed by atoms with Crippen LogP contribution in [-0.4, -0.2) is 31.7 Å². The molecule has 0 bridgehead atoms. The van der Waals surface area contributed by atoms with Crippen molar-refractivity contribution in [2.45, 2.75) is 6.54 Å². The summed E-state index contributed by atoms with van der Waals surface area (Å²) in [4.78, 5) is 31.5. The van der Waals surface area contributed by atoms with E-state index >= 15 is 0 Å². The minimum absolute atomic E-state index is 0.0180. The molecule has 0 saturated carbocycles. The Hall–Kier alpha value is -4.08. The van der Waals surface area contributed by atoms with Crippen LogP contribution in [0, 0.1) is 10.1 Å². The molecule has 0 radical (unpaired) electrons. The van der Waals surface area contributed by atoms with Crippen LogP contribution in [-0.2, 0) is 6.54 Å². The molecule has 0 N–H and O–H groups in total. The van der Waals surface area contributed by atoms with Crippen LogP contribution in [0.25, 0.3) is 22.4 Å². The number of fused-ring (bicyclic) bond motifs is 1. The van der Waals surface area contributed by atoms with Gasteiger partial charge in [-0.05, 0) is 30.3 Å². The van der Waals surface area contributed by atoms with Gasteiger partial charge in [0.25, 0.3) is 17.1 Å². The summed E-state index contributed by atoms with van der Waals surface area (Å²) < 4.78 is 11.6. The first-order valence-corrected chi connectivity index (χ1v) is 8.16. The van der Waals surface area contributed by atoms with Gasteiger partial charge >= 0.3 is 0 Å². The van der Waals surface area contributed by atoms with Crippen LogP contribution in [0.5, 0.6) is 5.75 Å². The molecule has 10 nitrogen and oxygen atoms in total. The van der Waals surface area contributed by atoms with E-state index in [1.807, 2.05) is 0 Å². The molecule has 0 aliphatic rings. The van der Waals surface area contributed by atoms with Crippen LogP contribution >= 0.6 is 0 Å². The number of non-ortho nitro benzene ring substituents is 1. The first-order valence-electron chi connectivity index (χ1n) is 8.16. The Morgan fingerprint density at radius 2 is 2.00 bits per heavy atom. The van der Waals surface area contributed by atoms with Gasteiger partial charge in [0.15, 0.2) is 5.82 Å². The van der Waals surface area contributed by atoms with E-state index in [1.165, 1.54) is 29.1 Å². The van der Waals surface area contributed by atoms with Crippen molar-refractivity contribution in [3.8, 4) is 17.2 Å². The van der Waals surface area contributed by atoms with E-state index < -0.39 is 10.5 Å². The summed E-state index contributed by atoms with van der Waals surface area (Å²) in [5.74, 6) is 1.28. The summed E-state index contributed by atoms with van der Waals surface area (Å²) in [7, 11) is 1.57. The molecule has 2 aromatic heterocycles. The van der Waals surface area contributed by atoms with E-state index in [-0.39, 0.29) is 23.4 Å². The van der Waals surface area contributed by atoms with Crippen molar-refractivity contribution >= 4 is 16.6 Å². The number of benzene rings is 2. The van der Waals surface area contributed by atoms with Gasteiger partial charge in [0.1, 0.15) is 5.75 Å². The molecule has 4 aromatic rings. The van der Waals surface area contributed by atoms with Crippen LogP contribution in [0.15, 0.2) is 58.1 Å². The van der Waals surface area contributed by atoms with Crippen molar-refractivity contribution in [2.24, 2.45) is 0 Å². The second kappa shape index (κ2) is 6.91. The molecule has 0 fully saturated rings. The minimum atomic E-state index is -0.559. The smallest absolute Gasteiger partial charge is 0.270 e. The van der Waals surface area contributed by atoms with Gasteiger partial charge in [-0.1, -0.05) is 5.16 Å². The van der Waals surface area contributed by atoms with Crippen LogP contribution < -0.4 is 10.3 Å². The first kappa shape index (κ1) is 17.3. The van der Waals surface area contributed by atoms with Crippen molar-refractivity contribution in [1.29, 1.82) is 0 Å². The molecule has 0 amide bonds. The average Bonchev–Trinajstić information content (AvgIpc) is 3.18. The molecule has 0 atom stereocenters. The van der Waals surface area contributed by atoms with Gasteiger partial charge in [-0.25, -0.2) is 4.98 Å². The molecule has 10 heteroatoms. The summed E-state index contributed by atoms with van der Waals surface area (Å²) in [5.41, 5.74) is 0.480. The SMILES string of the molecule is COc1ccc(-c2nc(Cn3cnc4ccc([N+](=O)[O-])cc4c3=O)no2)cc1. The monoisotopic (exact) mass is 379 g/mol. The molecule has 0 aliphatic heterocycles. The number of nitro benzene ring substituents is 1. The summed E-state index contributed by atoms with van der Waals surface area (Å²) >= 11 is 0. The highest BCUT2D eigenvalue weighted by Gasteiger charge is 2.14. The van der Waals surface area contributed by atoms with E-state index in [0.29, 0.717) is 22.7 Å². The molecule has 28 heavy (non-hydrogen) atoms. The van der Waals surface area contributed by atoms with E-state index in [0.717, 1.165) is 0 Å². The zero-order chi connectivity index (χ0) is 19.7. The van der Waals surface area contributed by atoms with E-state index in [1.54, 1.807) is 31.4 Å². The molecule has 2 heterocycles. The maximum absolute atomic E-state index is 12.7. The van der Waals surface area contributed by atoms with Crippen LogP contribution in [0.3, 0.4) is 0 Å². The topological polar surface area (TPSA) is 126 Å². The lowest BCUT2D eigenvalue weighted by molar-refractivity contribution is -0.384. The Morgan fingerprint density at radius 1 is 1.21 bits per heavy atom. The Kier molecular flexibility index (Phi) is 4.28. The Labute approximate surface area is 157 Å². The molecule has 0 saturated heterocycles. The number of hydrogen-bond acceptors (Lipinski definition) is 8. The number of nitro groups is 1. The standard InChI is InChI=1S/C18H13N5O5/c1-27-13-5-2-11(3-6-13)17-20-16(21-28-17)9-22-10-19-15-7-4-12(23(25)26)8-14(15)18(22)24/h2-8,10H,9H2,1H3. The third-order valence-corrected chi connectivity index (χ3v) is 4.14. The van der Waals surface area contributed by atoms with Gasteiger partial charge in [-0.3, -0.25) is 19.5 Å². The highest BCUT2D eigenvalue weighted by Crippen LogP contribution is 2.21. The van der Waals surface area contributed by atoms with Gasteiger partial charge in [0.2, 0.25) is 0 Å². The number of nitrogens with zero attached hydrogens (tertiary/aromatic N) is 5. The fourth-order valence-corrected chi connectivity index (χ4v) is 2.69. The number of aromatic nitrogens is 4. The fraction of sp³-hybridized carbons (Fsp3) is 0.111. The van der Waals surface area contributed by atoms with Crippen molar-refractivity contribution < 1.29 is 14.2 Å². The lowest BCUT2D eigenvalue weighted by Crippen LogP contribution is -2.21. The number of hydrogen-bond donors (Lipinski definition) is 0. The van der Waals surface area contributed by atoms with Crippen molar-refractivity contribution in [2.75, 3.05) is 7.11 Å². The number of rotatable bonds is 5. The maximum Gasteiger partial charge on any atom is 0.270 e. The molecule has 0 unspecified atom stereocenters. The number of ether oxygens (including phenoxy) is 1. The van der Waals surface area contributed by atoms with E-state index in [2.05, 4.69) is 15.1 Å². The molecule has 140 valence electrons. The molecule has 0 spiro atoms. The highest BCUT2D eigenvalue weighted by atomic mass is 16.6. The Morgan fingerprint density at radius 3 is 2.71 bits per heavy atom. The third-order valence-electron chi connectivity index (χ3n) is 4.14. The largest absolute Gasteiger partial charge is 0.497 e. The second-order valence-electron chi connectivity index (χ2n) is 5.88. The van der Waals surface area contributed by atoms with Gasteiger partial charge in [0.05, 0.1) is 35.8 Å². The van der Waals surface area contributed by atoms with Crippen LogP contribution in [0.4, 0.5) is 5.69 Å². The van der Waals surface area contributed by atoms with E-state index in [4.69, 9.17) is 9.26 Å². The average molecular weight is 379 g/mol. The molecular weight excluding hydrogens is 366 g/mol. The zero-order valence-electron chi connectivity index (χ0n) is 14.6. The Balaban J connectivity index is 1.64. The fourth-order valence-electron chi connectivity index (χ4n) is 2.69. The highest BCUT2D eigenvalue weighted by molar-refractivity contribution is 5.79. The molecule has 4 rings (SSSR count). The predicted molar refractivity (Wildman–Crippen MR) is 98.0 cm³/mol. The molecular formula is C18H13N5O5. The predicted octanol–water partition coefficient (Wildman–Crippen LogP) is 2.41. The van der Waals surface area contributed by atoms with Crippen LogP contribution in [0.2, 0.25) is 0 Å². The van der Waals surface area contributed by atoms with Gasteiger partial charge in [-0.2, -0.15) is 4.98 Å². The quantitative estimate of drug-likeness (QED) is 0.382. The molecule has 2 aromatic carbocycles. The second-order valence-corrected chi connectivity index (χ2v) is 5.88. The van der Waals surface area contributed by atoms with Crippen molar-refractivity contribution in [3.05, 3.63) is 75.1 Å². The van der Waals surface area contributed by atoms with Crippen molar-refractivity contribution in [3.63, 3.8) is 0 Å². The minimum Gasteiger partial charge on any atom is -0.497 e. The first-order chi connectivity index (χ1) is 13.5. The normalized spacial score (nSPS) is 10.9. The summed E-state index contributed by atoms with van der Waals surface area (Å²) in [6.07, 6.45) is 1.35. The molecule has 0 aliphatic carbocycles.